The lowest BCUT2D eigenvalue weighted by Crippen LogP contribution is -2.07. The highest BCUT2D eigenvalue weighted by molar-refractivity contribution is 5.85. The van der Waals surface area contributed by atoms with Gasteiger partial charge in [-0.1, -0.05) is 6.07 Å². The number of hydrogen-bond acceptors (Lipinski definition) is 5. The second-order valence-corrected chi connectivity index (χ2v) is 4.69. The summed E-state index contributed by atoms with van der Waals surface area (Å²) in [5, 5.41) is 16.9. The van der Waals surface area contributed by atoms with Gasteiger partial charge in [0.05, 0.1) is 12.2 Å². The Kier molecular flexibility index (Phi) is 5.10. The zero-order chi connectivity index (χ0) is 14.0. The molecule has 20 heavy (non-hydrogen) atoms. The van der Waals surface area contributed by atoms with E-state index >= 15 is 0 Å². The molecular formula is C13H20ClN5O. The summed E-state index contributed by atoms with van der Waals surface area (Å²) in [6.07, 6.45) is 0. The Hall–Kier alpha value is -2.08. The first-order chi connectivity index (χ1) is 8.99. The number of aromatic nitrogens is 2. The highest BCUT2D eigenvalue weighted by Crippen LogP contribution is 2.24. The quantitative estimate of drug-likeness (QED) is 0.694. The number of phenolic OH excluding ortho intramolecular Hbond substituents is 1. The molecule has 0 aliphatic rings. The van der Waals surface area contributed by atoms with E-state index in [4.69, 9.17) is 11.5 Å². The molecule has 0 atom stereocenters. The maximum Gasteiger partial charge on any atom is 0.145 e. The number of nitrogens with one attached hydrogen (secondary N) is 1. The largest absolute Gasteiger partial charge is 0.508 e. The Morgan fingerprint density at radius 3 is 2.60 bits per heavy atom. The number of nitrogens with zero attached hydrogens (tertiary/aromatic N) is 2. The van der Waals surface area contributed by atoms with E-state index in [1.54, 1.807) is 22.9 Å². The number of benzene rings is 1. The Balaban J connectivity index is 0.00000200. The van der Waals surface area contributed by atoms with E-state index in [0.29, 0.717) is 23.7 Å². The van der Waals surface area contributed by atoms with Gasteiger partial charge >= 0.3 is 0 Å². The number of nitrogen functional groups attached to an aromatic ring is 2. The van der Waals surface area contributed by atoms with Crippen LogP contribution in [0.25, 0.3) is 0 Å². The molecule has 0 fully saturated rings. The average Bonchev–Trinajstić information content (AvgIpc) is 2.64. The minimum absolute atomic E-state index is 0. The van der Waals surface area contributed by atoms with Gasteiger partial charge in [0, 0.05) is 17.8 Å². The number of aromatic hydroxyl groups is 1. The molecule has 6 N–H and O–H groups in total. The summed E-state index contributed by atoms with van der Waals surface area (Å²) in [5.74, 6) is 0.702. The van der Waals surface area contributed by atoms with Crippen molar-refractivity contribution in [1.82, 2.24) is 9.78 Å². The molecule has 0 amide bonds. The monoisotopic (exact) mass is 297 g/mol. The predicted molar refractivity (Wildman–Crippen MR) is 84.1 cm³/mol. The molecular weight excluding hydrogens is 278 g/mol. The van der Waals surface area contributed by atoms with Gasteiger partial charge in [-0.05, 0) is 26.0 Å². The molecule has 0 unspecified atom stereocenters. The number of rotatable bonds is 4. The first kappa shape index (κ1) is 16.0. The lowest BCUT2D eigenvalue weighted by molar-refractivity contribution is 0.475. The Bertz CT molecular complexity index is 582. The lowest BCUT2D eigenvalue weighted by Gasteiger charge is -2.06. The summed E-state index contributed by atoms with van der Waals surface area (Å²) in [7, 11) is 0. The minimum Gasteiger partial charge on any atom is -0.508 e. The van der Waals surface area contributed by atoms with E-state index in [2.05, 4.69) is 10.4 Å². The molecule has 2 aromatic rings. The fraction of sp³-hybridized carbons (Fsp3) is 0.308. The molecule has 1 aromatic heterocycles. The normalized spacial score (nSPS) is 10.3. The Morgan fingerprint density at radius 2 is 2.05 bits per heavy atom. The van der Waals surface area contributed by atoms with Crippen LogP contribution in [0.3, 0.4) is 0 Å². The second kappa shape index (κ2) is 6.38. The van der Waals surface area contributed by atoms with Gasteiger partial charge in [-0.3, -0.25) is 0 Å². The molecule has 0 aliphatic heterocycles. The molecule has 1 heterocycles. The molecule has 6 nitrogen and oxygen atoms in total. The number of nitrogens with two attached hydrogens (primary N) is 2. The van der Waals surface area contributed by atoms with Crippen LogP contribution in [-0.2, 0) is 6.54 Å². The van der Waals surface area contributed by atoms with Crippen molar-refractivity contribution < 1.29 is 5.11 Å². The van der Waals surface area contributed by atoms with Crippen LogP contribution in [-0.4, -0.2) is 14.9 Å². The van der Waals surface area contributed by atoms with E-state index in [9.17, 15) is 5.11 Å². The van der Waals surface area contributed by atoms with Gasteiger partial charge in [0.15, 0.2) is 0 Å². The standard InChI is InChI=1S/C13H19N5O.ClH/c1-8(2)18-13(15)12(14)11(17-18)7-16-9-4-3-5-10(19)6-9;/h3-6,8,16,19H,7,14-15H2,1-2H3;1H. The summed E-state index contributed by atoms with van der Waals surface area (Å²) in [4.78, 5) is 0. The van der Waals surface area contributed by atoms with Crippen molar-refractivity contribution in [3.63, 3.8) is 0 Å². The number of halogens is 1. The van der Waals surface area contributed by atoms with Gasteiger partial charge in [-0.15, -0.1) is 12.4 Å². The van der Waals surface area contributed by atoms with Gasteiger partial charge in [0.1, 0.15) is 17.3 Å². The van der Waals surface area contributed by atoms with E-state index in [-0.39, 0.29) is 24.2 Å². The van der Waals surface area contributed by atoms with E-state index < -0.39 is 0 Å². The van der Waals surface area contributed by atoms with Gasteiger partial charge in [0.2, 0.25) is 0 Å². The maximum absolute atomic E-state index is 9.38. The molecule has 110 valence electrons. The van der Waals surface area contributed by atoms with Gasteiger partial charge in [-0.2, -0.15) is 5.10 Å². The predicted octanol–water partition coefficient (Wildman–Crippen LogP) is 2.37. The molecule has 7 heteroatoms. The summed E-state index contributed by atoms with van der Waals surface area (Å²) in [6, 6.07) is 7.04. The highest BCUT2D eigenvalue weighted by atomic mass is 35.5. The zero-order valence-corrected chi connectivity index (χ0v) is 12.3. The van der Waals surface area contributed by atoms with Crippen LogP contribution >= 0.6 is 12.4 Å². The fourth-order valence-electron chi connectivity index (χ4n) is 1.83. The number of phenols is 1. The van der Waals surface area contributed by atoms with Crippen LogP contribution in [0.4, 0.5) is 17.2 Å². The molecule has 0 bridgehead atoms. The molecule has 0 saturated carbocycles. The van der Waals surface area contributed by atoms with Crippen molar-refractivity contribution in [2.75, 3.05) is 16.8 Å². The van der Waals surface area contributed by atoms with Crippen molar-refractivity contribution in [2.24, 2.45) is 0 Å². The average molecular weight is 298 g/mol. The summed E-state index contributed by atoms with van der Waals surface area (Å²) in [6.45, 7) is 4.45. The Morgan fingerprint density at radius 1 is 1.35 bits per heavy atom. The summed E-state index contributed by atoms with van der Waals surface area (Å²) >= 11 is 0. The molecule has 0 spiro atoms. The van der Waals surface area contributed by atoms with Crippen molar-refractivity contribution in [3.05, 3.63) is 30.0 Å². The van der Waals surface area contributed by atoms with Crippen molar-refractivity contribution in [2.45, 2.75) is 26.4 Å². The van der Waals surface area contributed by atoms with Crippen LogP contribution in [0.5, 0.6) is 5.75 Å². The zero-order valence-electron chi connectivity index (χ0n) is 11.5. The third kappa shape index (κ3) is 3.27. The first-order valence-corrected chi connectivity index (χ1v) is 6.14. The first-order valence-electron chi connectivity index (χ1n) is 6.14. The van der Waals surface area contributed by atoms with E-state index in [1.165, 1.54) is 0 Å². The van der Waals surface area contributed by atoms with Crippen molar-refractivity contribution in [3.8, 4) is 5.75 Å². The maximum atomic E-state index is 9.38. The third-order valence-corrected chi connectivity index (χ3v) is 2.86. The van der Waals surface area contributed by atoms with Crippen LogP contribution in [0.1, 0.15) is 25.6 Å². The van der Waals surface area contributed by atoms with Gasteiger partial charge in [-0.25, -0.2) is 4.68 Å². The molecule has 1 aromatic carbocycles. The van der Waals surface area contributed by atoms with Crippen LogP contribution in [0.15, 0.2) is 24.3 Å². The van der Waals surface area contributed by atoms with Crippen molar-refractivity contribution >= 4 is 29.6 Å². The highest BCUT2D eigenvalue weighted by Gasteiger charge is 2.14. The molecule has 2 rings (SSSR count). The SMILES string of the molecule is CC(C)n1nc(CNc2cccc(O)c2)c(N)c1N.Cl. The third-order valence-electron chi connectivity index (χ3n) is 2.86. The summed E-state index contributed by atoms with van der Waals surface area (Å²) in [5.41, 5.74) is 13.9. The van der Waals surface area contributed by atoms with E-state index in [1.807, 2.05) is 19.9 Å². The topological polar surface area (TPSA) is 102 Å². The number of hydrogen-bond donors (Lipinski definition) is 4. The number of anilines is 3. The van der Waals surface area contributed by atoms with Crippen LogP contribution in [0.2, 0.25) is 0 Å². The molecule has 0 radical (unpaired) electrons. The van der Waals surface area contributed by atoms with Crippen LogP contribution < -0.4 is 16.8 Å². The minimum atomic E-state index is 0. The second-order valence-electron chi connectivity index (χ2n) is 4.69. The smallest absolute Gasteiger partial charge is 0.145 e. The fourth-order valence-corrected chi connectivity index (χ4v) is 1.83. The molecule has 0 aliphatic carbocycles. The lowest BCUT2D eigenvalue weighted by atomic mass is 10.3. The van der Waals surface area contributed by atoms with Gasteiger partial charge < -0.3 is 21.9 Å². The Labute approximate surface area is 124 Å². The van der Waals surface area contributed by atoms with Gasteiger partial charge in [0.25, 0.3) is 0 Å². The van der Waals surface area contributed by atoms with E-state index in [0.717, 1.165) is 5.69 Å². The summed E-state index contributed by atoms with van der Waals surface area (Å²) < 4.78 is 1.70. The van der Waals surface area contributed by atoms with Crippen LogP contribution in [0, 0.1) is 0 Å². The van der Waals surface area contributed by atoms with Crippen molar-refractivity contribution in [1.29, 1.82) is 0 Å². The molecule has 0 saturated heterocycles.